The molecule has 1 N–H and O–H groups in total. The second kappa shape index (κ2) is 7.59. The minimum Gasteiger partial charge on any atom is -0.481 e. The maximum absolute atomic E-state index is 12.9. The van der Waals surface area contributed by atoms with Gasteiger partial charge in [-0.15, -0.1) is 0 Å². The van der Waals surface area contributed by atoms with E-state index in [1.54, 1.807) is 0 Å². The average Bonchev–Trinajstić information content (AvgIpc) is 2.52. The van der Waals surface area contributed by atoms with Crippen molar-refractivity contribution in [3.8, 4) is 5.75 Å². The van der Waals surface area contributed by atoms with Crippen molar-refractivity contribution in [2.45, 2.75) is 32.9 Å². The Kier molecular flexibility index (Phi) is 5.53. The maximum atomic E-state index is 12.9. The molecule has 2 aromatic carbocycles. The third-order valence-electron chi connectivity index (χ3n) is 3.30. The van der Waals surface area contributed by atoms with E-state index >= 15 is 0 Å². The van der Waals surface area contributed by atoms with Crippen molar-refractivity contribution in [3.05, 3.63) is 65.5 Å². The molecule has 0 aromatic heterocycles. The van der Waals surface area contributed by atoms with E-state index in [4.69, 9.17) is 4.74 Å². The van der Waals surface area contributed by atoms with E-state index < -0.39 is 6.10 Å². The van der Waals surface area contributed by atoms with Gasteiger partial charge in [0.15, 0.2) is 6.10 Å². The SMILES string of the molecule is CC[C@H](Oc1ccc(F)cc1)C(=O)NCc1cccc(C)c1. The monoisotopic (exact) mass is 301 g/mol. The lowest BCUT2D eigenvalue weighted by molar-refractivity contribution is -0.128. The molecule has 0 heterocycles. The number of nitrogens with one attached hydrogen (secondary N) is 1. The second-order valence-corrected chi connectivity index (χ2v) is 5.18. The molecular formula is C18H20FNO2. The van der Waals surface area contributed by atoms with Gasteiger partial charge in [0.2, 0.25) is 0 Å². The van der Waals surface area contributed by atoms with Gasteiger partial charge in [0.1, 0.15) is 11.6 Å². The number of ether oxygens (including phenoxy) is 1. The summed E-state index contributed by atoms with van der Waals surface area (Å²) in [6.45, 7) is 4.35. The zero-order chi connectivity index (χ0) is 15.9. The number of carbonyl (C=O) groups excluding carboxylic acids is 1. The molecule has 0 aliphatic heterocycles. The lowest BCUT2D eigenvalue weighted by atomic mass is 10.1. The summed E-state index contributed by atoms with van der Waals surface area (Å²) in [4.78, 5) is 12.2. The van der Waals surface area contributed by atoms with Crippen molar-refractivity contribution < 1.29 is 13.9 Å². The van der Waals surface area contributed by atoms with E-state index in [0.717, 1.165) is 11.1 Å². The van der Waals surface area contributed by atoms with Crippen LogP contribution in [0.1, 0.15) is 24.5 Å². The highest BCUT2D eigenvalue weighted by molar-refractivity contribution is 5.81. The Morgan fingerprint density at radius 3 is 2.59 bits per heavy atom. The molecule has 3 nitrogen and oxygen atoms in total. The highest BCUT2D eigenvalue weighted by atomic mass is 19.1. The summed E-state index contributed by atoms with van der Waals surface area (Å²) in [5.41, 5.74) is 2.20. The quantitative estimate of drug-likeness (QED) is 0.885. The number of hydrogen-bond acceptors (Lipinski definition) is 2. The van der Waals surface area contributed by atoms with E-state index in [0.29, 0.717) is 18.7 Å². The summed E-state index contributed by atoms with van der Waals surface area (Å²) in [5, 5.41) is 2.87. The van der Waals surface area contributed by atoms with Gasteiger partial charge >= 0.3 is 0 Å². The molecule has 22 heavy (non-hydrogen) atoms. The van der Waals surface area contributed by atoms with Gasteiger partial charge in [-0.2, -0.15) is 0 Å². The predicted molar refractivity (Wildman–Crippen MR) is 84.1 cm³/mol. The molecule has 0 spiro atoms. The van der Waals surface area contributed by atoms with Crippen molar-refractivity contribution >= 4 is 5.91 Å². The van der Waals surface area contributed by atoms with Crippen molar-refractivity contribution in [3.63, 3.8) is 0 Å². The van der Waals surface area contributed by atoms with Gasteiger partial charge in [0.25, 0.3) is 5.91 Å². The Morgan fingerprint density at radius 2 is 1.95 bits per heavy atom. The first kappa shape index (κ1) is 16.0. The summed E-state index contributed by atoms with van der Waals surface area (Å²) in [6.07, 6.45) is -0.0490. The Hall–Kier alpha value is -2.36. The molecule has 0 fully saturated rings. The molecule has 1 atom stereocenters. The second-order valence-electron chi connectivity index (χ2n) is 5.18. The molecular weight excluding hydrogens is 281 g/mol. The Bertz CT molecular complexity index is 625. The van der Waals surface area contributed by atoms with Crippen LogP contribution in [0.2, 0.25) is 0 Å². The summed E-state index contributed by atoms with van der Waals surface area (Å²) in [7, 11) is 0. The fraction of sp³-hybridized carbons (Fsp3) is 0.278. The van der Waals surface area contributed by atoms with Crippen LogP contribution in [0.25, 0.3) is 0 Å². The third kappa shape index (κ3) is 4.58. The fourth-order valence-corrected chi connectivity index (χ4v) is 2.12. The Balaban J connectivity index is 1.92. The molecule has 0 radical (unpaired) electrons. The number of amides is 1. The highest BCUT2D eigenvalue weighted by Gasteiger charge is 2.18. The van der Waals surface area contributed by atoms with E-state index in [9.17, 15) is 9.18 Å². The number of rotatable bonds is 6. The van der Waals surface area contributed by atoms with E-state index in [-0.39, 0.29) is 11.7 Å². The number of halogens is 1. The van der Waals surface area contributed by atoms with Crippen molar-refractivity contribution in [1.82, 2.24) is 5.32 Å². The van der Waals surface area contributed by atoms with Crippen LogP contribution in [-0.4, -0.2) is 12.0 Å². The summed E-state index contributed by atoms with van der Waals surface area (Å²) in [6, 6.07) is 13.6. The first-order valence-electron chi connectivity index (χ1n) is 7.34. The van der Waals surface area contributed by atoms with Crippen LogP contribution in [-0.2, 0) is 11.3 Å². The lowest BCUT2D eigenvalue weighted by Gasteiger charge is -2.17. The molecule has 4 heteroatoms. The smallest absolute Gasteiger partial charge is 0.261 e. The molecule has 0 unspecified atom stereocenters. The fourth-order valence-electron chi connectivity index (χ4n) is 2.12. The number of carbonyl (C=O) groups is 1. The zero-order valence-corrected chi connectivity index (χ0v) is 12.8. The van der Waals surface area contributed by atoms with Gasteiger partial charge in [-0.25, -0.2) is 4.39 Å². The van der Waals surface area contributed by atoms with Crippen LogP contribution < -0.4 is 10.1 Å². The molecule has 2 rings (SSSR count). The molecule has 0 bridgehead atoms. The minimum atomic E-state index is -0.588. The van der Waals surface area contributed by atoms with Gasteiger partial charge in [-0.3, -0.25) is 4.79 Å². The average molecular weight is 301 g/mol. The van der Waals surface area contributed by atoms with Crippen LogP contribution >= 0.6 is 0 Å². The van der Waals surface area contributed by atoms with Crippen LogP contribution in [0.15, 0.2) is 48.5 Å². The molecule has 1 amide bonds. The van der Waals surface area contributed by atoms with Gasteiger partial charge in [0, 0.05) is 6.54 Å². The van der Waals surface area contributed by atoms with Gasteiger partial charge in [0.05, 0.1) is 0 Å². The van der Waals surface area contributed by atoms with Gasteiger partial charge < -0.3 is 10.1 Å². The van der Waals surface area contributed by atoms with E-state index in [1.165, 1.54) is 24.3 Å². The minimum absolute atomic E-state index is 0.173. The summed E-state index contributed by atoms with van der Waals surface area (Å²) >= 11 is 0. The van der Waals surface area contributed by atoms with Crippen LogP contribution in [0.3, 0.4) is 0 Å². The van der Waals surface area contributed by atoms with Crippen LogP contribution in [0.5, 0.6) is 5.75 Å². The Morgan fingerprint density at radius 1 is 1.23 bits per heavy atom. The van der Waals surface area contributed by atoms with Gasteiger partial charge in [-0.1, -0.05) is 36.8 Å². The van der Waals surface area contributed by atoms with Gasteiger partial charge in [-0.05, 0) is 43.2 Å². The number of aryl methyl sites for hydroxylation is 1. The largest absolute Gasteiger partial charge is 0.481 e. The summed E-state index contributed by atoms with van der Waals surface area (Å²) in [5.74, 6) is -0.0171. The first-order chi connectivity index (χ1) is 10.6. The summed E-state index contributed by atoms with van der Waals surface area (Å²) < 4.78 is 18.5. The molecule has 2 aromatic rings. The van der Waals surface area contributed by atoms with Crippen molar-refractivity contribution in [2.24, 2.45) is 0 Å². The van der Waals surface area contributed by atoms with E-state index in [1.807, 2.05) is 38.1 Å². The standard InChI is InChI=1S/C18H20FNO2/c1-3-17(22-16-9-7-15(19)8-10-16)18(21)20-12-14-6-4-5-13(2)11-14/h4-11,17H,3,12H2,1-2H3,(H,20,21)/t17-/m0/s1. The number of benzene rings is 2. The predicted octanol–water partition coefficient (Wildman–Crippen LogP) is 3.61. The molecule has 0 aliphatic rings. The molecule has 116 valence electrons. The third-order valence-corrected chi connectivity index (χ3v) is 3.30. The zero-order valence-electron chi connectivity index (χ0n) is 12.8. The first-order valence-corrected chi connectivity index (χ1v) is 7.34. The normalized spacial score (nSPS) is 11.8. The van der Waals surface area contributed by atoms with Crippen LogP contribution in [0.4, 0.5) is 4.39 Å². The van der Waals surface area contributed by atoms with Crippen molar-refractivity contribution in [1.29, 1.82) is 0 Å². The topological polar surface area (TPSA) is 38.3 Å². The van der Waals surface area contributed by atoms with E-state index in [2.05, 4.69) is 5.32 Å². The molecule has 0 aliphatic carbocycles. The van der Waals surface area contributed by atoms with Crippen molar-refractivity contribution in [2.75, 3.05) is 0 Å². The molecule has 0 saturated heterocycles. The van der Waals surface area contributed by atoms with Crippen LogP contribution in [0, 0.1) is 12.7 Å². The number of hydrogen-bond donors (Lipinski definition) is 1. The molecule has 0 saturated carbocycles. The maximum Gasteiger partial charge on any atom is 0.261 e. The Labute approximate surface area is 130 Å². The highest BCUT2D eigenvalue weighted by Crippen LogP contribution is 2.14. The lowest BCUT2D eigenvalue weighted by Crippen LogP contribution is -2.37.